The standard InChI is InChI=1S/C15H24N2OS/c1-2-18-15(8-3-4-9-15)14-17-13(10-19-14)11-6-5-7-12(11)16/h10-12H,2-9,16H2,1H3. The van der Waals surface area contributed by atoms with Crippen LogP contribution in [-0.4, -0.2) is 17.6 Å². The molecule has 1 heterocycles. The molecular formula is C15H24N2OS. The molecule has 0 aromatic carbocycles. The summed E-state index contributed by atoms with van der Waals surface area (Å²) in [6.07, 6.45) is 8.38. The third-order valence-electron chi connectivity index (χ3n) is 4.69. The number of hydrogen-bond acceptors (Lipinski definition) is 4. The van der Waals surface area contributed by atoms with Gasteiger partial charge in [0.15, 0.2) is 0 Å². The first-order valence-electron chi connectivity index (χ1n) is 7.60. The highest BCUT2D eigenvalue weighted by molar-refractivity contribution is 7.09. The first-order valence-corrected chi connectivity index (χ1v) is 8.48. The van der Waals surface area contributed by atoms with Gasteiger partial charge < -0.3 is 10.5 Å². The first kappa shape index (κ1) is 13.5. The predicted molar refractivity (Wildman–Crippen MR) is 78.5 cm³/mol. The van der Waals surface area contributed by atoms with E-state index in [1.807, 2.05) is 0 Å². The van der Waals surface area contributed by atoms with Crippen molar-refractivity contribution in [1.82, 2.24) is 4.98 Å². The molecule has 19 heavy (non-hydrogen) atoms. The molecule has 0 aliphatic heterocycles. The van der Waals surface area contributed by atoms with Gasteiger partial charge in [-0.2, -0.15) is 0 Å². The van der Waals surface area contributed by atoms with E-state index in [4.69, 9.17) is 15.5 Å². The summed E-state index contributed by atoms with van der Waals surface area (Å²) in [7, 11) is 0. The second-order valence-electron chi connectivity index (χ2n) is 5.91. The second kappa shape index (κ2) is 5.51. The topological polar surface area (TPSA) is 48.1 Å². The number of nitrogens with zero attached hydrogens (tertiary/aromatic N) is 1. The minimum absolute atomic E-state index is 0.0830. The summed E-state index contributed by atoms with van der Waals surface area (Å²) in [6, 6.07) is 0.307. The second-order valence-corrected chi connectivity index (χ2v) is 6.77. The molecule has 3 nitrogen and oxygen atoms in total. The van der Waals surface area contributed by atoms with Crippen LogP contribution in [0, 0.1) is 0 Å². The van der Waals surface area contributed by atoms with Crippen LogP contribution in [0.25, 0.3) is 0 Å². The summed E-state index contributed by atoms with van der Waals surface area (Å²) in [5, 5.41) is 3.42. The van der Waals surface area contributed by atoms with Gasteiger partial charge in [0.05, 0.1) is 5.69 Å². The van der Waals surface area contributed by atoms with Gasteiger partial charge in [0, 0.05) is 23.9 Å². The van der Waals surface area contributed by atoms with E-state index in [-0.39, 0.29) is 5.60 Å². The van der Waals surface area contributed by atoms with Crippen LogP contribution in [0.5, 0.6) is 0 Å². The van der Waals surface area contributed by atoms with Gasteiger partial charge in [-0.05, 0) is 32.6 Å². The summed E-state index contributed by atoms with van der Waals surface area (Å²) in [5.74, 6) is 0.477. The molecule has 106 valence electrons. The van der Waals surface area contributed by atoms with Gasteiger partial charge in [-0.15, -0.1) is 11.3 Å². The molecule has 1 aromatic rings. The number of rotatable bonds is 4. The zero-order valence-corrected chi connectivity index (χ0v) is 12.5. The molecule has 0 bridgehead atoms. The zero-order chi connectivity index (χ0) is 13.3. The van der Waals surface area contributed by atoms with Crippen molar-refractivity contribution >= 4 is 11.3 Å². The Kier molecular flexibility index (Phi) is 3.92. The van der Waals surface area contributed by atoms with Gasteiger partial charge in [-0.25, -0.2) is 4.98 Å². The van der Waals surface area contributed by atoms with Crippen molar-refractivity contribution in [3.8, 4) is 0 Å². The predicted octanol–water partition coefficient (Wildman–Crippen LogP) is 3.54. The largest absolute Gasteiger partial charge is 0.368 e. The lowest BCUT2D eigenvalue weighted by Crippen LogP contribution is -2.27. The van der Waals surface area contributed by atoms with Gasteiger partial charge in [-0.1, -0.05) is 19.3 Å². The molecule has 2 N–H and O–H groups in total. The van der Waals surface area contributed by atoms with E-state index in [1.165, 1.54) is 36.4 Å². The highest BCUT2D eigenvalue weighted by Gasteiger charge is 2.40. The van der Waals surface area contributed by atoms with Crippen LogP contribution < -0.4 is 5.73 Å². The normalized spacial score (nSPS) is 30.0. The summed E-state index contributed by atoms with van der Waals surface area (Å²) in [4.78, 5) is 4.93. The third-order valence-corrected chi connectivity index (χ3v) is 5.74. The van der Waals surface area contributed by atoms with Gasteiger partial charge >= 0.3 is 0 Å². The van der Waals surface area contributed by atoms with Crippen LogP contribution in [0.15, 0.2) is 5.38 Å². The smallest absolute Gasteiger partial charge is 0.125 e. The minimum Gasteiger partial charge on any atom is -0.368 e. The molecule has 0 amide bonds. The van der Waals surface area contributed by atoms with Crippen molar-refractivity contribution in [2.45, 2.75) is 69.4 Å². The van der Waals surface area contributed by atoms with Gasteiger partial charge in [-0.3, -0.25) is 0 Å². The maximum atomic E-state index is 6.20. The van der Waals surface area contributed by atoms with Crippen LogP contribution >= 0.6 is 11.3 Å². The van der Waals surface area contributed by atoms with Crippen LogP contribution in [0.4, 0.5) is 0 Å². The number of nitrogens with two attached hydrogens (primary N) is 1. The Balaban J connectivity index is 1.83. The molecule has 2 aliphatic carbocycles. The van der Waals surface area contributed by atoms with Crippen LogP contribution in [0.2, 0.25) is 0 Å². The fraction of sp³-hybridized carbons (Fsp3) is 0.800. The summed E-state index contributed by atoms with van der Waals surface area (Å²) >= 11 is 1.78. The van der Waals surface area contributed by atoms with E-state index in [0.29, 0.717) is 12.0 Å². The van der Waals surface area contributed by atoms with Gasteiger partial charge in [0.2, 0.25) is 0 Å². The molecule has 2 aliphatic rings. The zero-order valence-electron chi connectivity index (χ0n) is 11.7. The Labute approximate surface area is 119 Å². The van der Waals surface area contributed by atoms with E-state index < -0.39 is 0 Å². The molecule has 2 saturated carbocycles. The van der Waals surface area contributed by atoms with Crippen molar-refractivity contribution in [3.63, 3.8) is 0 Å². The minimum atomic E-state index is -0.0830. The number of ether oxygens (including phenoxy) is 1. The Hall–Kier alpha value is -0.450. The SMILES string of the molecule is CCOC1(c2nc(C3CCCC3N)cs2)CCCC1. The Morgan fingerprint density at radius 1 is 1.37 bits per heavy atom. The monoisotopic (exact) mass is 280 g/mol. The molecule has 0 spiro atoms. The lowest BCUT2D eigenvalue weighted by molar-refractivity contribution is -0.0392. The third kappa shape index (κ3) is 2.46. The van der Waals surface area contributed by atoms with Crippen molar-refractivity contribution in [1.29, 1.82) is 0 Å². The Morgan fingerprint density at radius 3 is 2.79 bits per heavy atom. The molecule has 2 fully saturated rings. The number of aromatic nitrogens is 1. The Morgan fingerprint density at radius 2 is 2.16 bits per heavy atom. The van der Waals surface area contributed by atoms with Crippen LogP contribution in [-0.2, 0) is 10.3 Å². The first-order chi connectivity index (χ1) is 9.25. The summed E-state index contributed by atoms with van der Waals surface area (Å²) in [5.41, 5.74) is 7.33. The maximum Gasteiger partial charge on any atom is 0.125 e. The highest BCUT2D eigenvalue weighted by atomic mass is 32.1. The fourth-order valence-corrected chi connectivity index (χ4v) is 4.76. The molecular weight excluding hydrogens is 256 g/mol. The fourth-order valence-electron chi connectivity index (χ4n) is 3.66. The summed E-state index contributed by atoms with van der Waals surface area (Å²) < 4.78 is 6.10. The molecule has 3 rings (SSSR count). The lowest BCUT2D eigenvalue weighted by atomic mass is 10.0. The lowest BCUT2D eigenvalue weighted by Gasteiger charge is -2.26. The van der Waals surface area contributed by atoms with Crippen molar-refractivity contribution in [2.24, 2.45) is 5.73 Å². The molecule has 2 atom stereocenters. The average molecular weight is 280 g/mol. The van der Waals surface area contributed by atoms with E-state index in [0.717, 1.165) is 25.9 Å². The van der Waals surface area contributed by atoms with Crippen LogP contribution in [0.1, 0.15) is 68.5 Å². The van der Waals surface area contributed by atoms with E-state index in [9.17, 15) is 0 Å². The average Bonchev–Trinajstić information content (AvgIpc) is 3.08. The maximum absolute atomic E-state index is 6.20. The number of thiazole rings is 1. The quantitative estimate of drug-likeness (QED) is 0.917. The van der Waals surface area contributed by atoms with Gasteiger partial charge in [0.1, 0.15) is 10.6 Å². The van der Waals surface area contributed by atoms with Crippen molar-refractivity contribution in [2.75, 3.05) is 6.61 Å². The highest BCUT2D eigenvalue weighted by Crippen LogP contribution is 2.44. The van der Waals surface area contributed by atoms with E-state index in [1.54, 1.807) is 11.3 Å². The molecule has 4 heteroatoms. The molecule has 1 aromatic heterocycles. The Bertz CT molecular complexity index is 426. The van der Waals surface area contributed by atoms with E-state index >= 15 is 0 Å². The van der Waals surface area contributed by atoms with E-state index in [2.05, 4.69) is 12.3 Å². The van der Waals surface area contributed by atoms with Crippen LogP contribution in [0.3, 0.4) is 0 Å². The molecule has 2 unspecified atom stereocenters. The molecule has 0 radical (unpaired) electrons. The molecule has 0 saturated heterocycles. The van der Waals surface area contributed by atoms with Crippen molar-refractivity contribution < 1.29 is 4.74 Å². The summed E-state index contributed by atoms with van der Waals surface area (Å²) in [6.45, 7) is 2.86. The van der Waals surface area contributed by atoms with Crippen molar-refractivity contribution in [3.05, 3.63) is 16.1 Å². The number of hydrogen-bond donors (Lipinski definition) is 1. The van der Waals surface area contributed by atoms with Gasteiger partial charge in [0.25, 0.3) is 0 Å².